The first-order chi connectivity index (χ1) is 15.8. The number of rotatable bonds is 8. The maximum absolute atomic E-state index is 11.7. The van der Waals surface area contributed by atoms with E-state index in [0.29, 0.717) is 29.9 Å². The van der Waals surface area contributed by atoms with Crippen LogP contribution in [0, 0.1) is 0 Å². The van der Waals surface area contributed by atoms with Gasteiger partial charge in [0.2, 0.25) is 5.91 Å². The Morgan fingerprint density at radius 2 is 2.00 bits per heavy atom. The topological polar surface area (TPSA) is 105 Å². The largest absolute Gasteiger partial charge is 0.508 e. The van der Waals surface area contributed by atoms with Crippen molar-refractivity contribution in [2.75, 3.05) is 6.61 Å². The van der Waals surface area contributed by atoms with Gasteiger partial charge in [-0.15, -0.1) is 0 Å². The molecule has 2 aromatic carbocycles. The Labute approximate surface area is 197 Å². The van der Waals surface area contributed by atoms with Gasteiger partial charge in [-0.05, 0) is 61.6 Å². The zero-order valence-corrected chi connectivity index (χ0v) is 19.6. The number of ether oxygens (including phenoxy) is 2. The van der Waals surface area contributed by atoms with Gasteiger partial charge in [-0.2, -0.15) is 0 Å². The SMILES string of the molecule is CCCCc1cc2c(cc1O)C(O)CC(C)(COc1ccc(CC3SC(=O)NC3=O)cc1)O2. The number of hydrogen-bond donors (Lipinski definition) is 3. The highest BCUT2D eigenvalue weighted by atomic mass is 32.2. The summed E-state index contributed by atoms with van der Waals surface area (Å²) in [6.07, 6.45) is 2.80. The maximum atomic E-state index is 11.7. The Hall–Kier alpha value is -2.71. The number of carbonyl (C=O) groups excluding carboxylic acids is 2. The van der Waals surface area contributed by atoms with E-state index in [2.05, 4.69) is 12.2 Å². The van der Waals surface area contributed by atoms with Crippen LogP contribution in [0.15, 0.2) is 36.4 Å². The minimum atomic E-state index is -0.756. The van der Waals surface area contributed by atoms with Crippen LogP contribution in [0.1, 0.15) is 55.9 Å². The first kappa shape index (κ1) is 23.4. The lowest BCUT2D eigenvalue weighted by Crippen LogP contribution is -2.43. The number of aryl methyl sites for hydroxylation is 1. The molecule has 4 rings (SSSR count). The second-order valence-corrected chi connectivity index (χ2v) is 10.1. The number of amides is 2. The van der Waals surface area contributed by atoms with E-state index in [1.165, 1.54) is 0 Å². The van der Waals surface area contributed by atoms with Gasteiger partial charge in [0.05, 0.1) is 11.4 Å². The van der Waals surface area contributed by atoms with E-state index in [4.69, 9.17) is 9.47 Å². The number of unbranched alkanes of at least 4 members (excludes halogenated alkanes) is 1. The third-order valence-electron chi connectivity index (χ3n) is 6.01. The van der Waals surface area contributed by atoms with Gasteiger partial charge in [0.1, 0.15) is 29.5 Å². The van der Waals surface area contributed by atoms with Crippen LogP contribution in [0.25, 0.3) is 0 Å². The van der Waals surface area contributed by atoms with Crippen LogP contribution in [0.2, 0.25) is 0 Å². The van der Waals surface area contributed by atoms with Crippen molar-refractivity contribution in [1.82, 2.24) is 5.32 Å². The van der Waals surface area contributed by atoms with Crippen molar-refractivity contribution < 1.29 is 29.3 Å². The molecule has 33 heavy (non-hydrogen) atoms. The molecule has 0 saturated carbocycles. The molecule has 0 radical (unpaired) electrons. The minimum Gasteiger partial charge on any atom is -0.508 e. The van der Waals surface area contributed by atoms with Crippen LogP contribution < -0.4 is 14.8 Å². The zero-order valence-electron chi connectivity index (χ0n) is 18.8. The lowest BCUT2D eigenvalue weighted by molar-refractivity contribution is -0.118. The van der Waals surface area contributed by atoms with E-state index < -0.39 is 17.0 Å². The van der Waals surface area contributed by atoms with Crippen molar-refractivity contribution in [3.05, 3.63) is 53.1 Å². The monoisotopic (exact) mass is 471 g/mol. The molecule has 7 nitrogen and oxygen atoms in total. The van der Waals surface area contributed by atoms with Gasteiger partial charge >= 0.3 is 0 Å². The summed E-state index contributed by atoms with van der Waals surface area (Å²) < 4.78 is 12.2. The van der Waals surface area contributed by atoms with Gasteiger partial charge in [-0.25, -0.2) is 0 Å². The van der Waals surface area contributed by atoms with Crippen LogP contribution >= 0.6 is 11.8 Å². The van der Waals surface area contributed by atoms with E-state index in [-0.39, 0.29) is 23.5 Å². The number of aromatic hydroxyl groups is 1. The average Bonchev–Trinajstić information content (AvgIpc) is 3.09. The third-order valence-corrected chi connectivity index (χ3v) is 6.99. The number of fused-ring (bicyclic) bond motifs is 1. The predicted molar refractivity (Wildman–Crippen MR) is 126 cm³/mol. The molecule has 0 aromatic heterocycles. The fourth-order valence-corrected chi connectivity index (χ4v) is 5.02. The van der Waals surface area contributed by atoms with Gasteiger partial charge in [0.25, 0.3) is 5.24 Å². The number of hydrogen-bond acceptors (Lipinski definition) is 7. The second-order valence-electron chi connectivity index (χ2n) is 8.91. The number of benzene rings is 2. The fourth-order valence-electron chi connectivity index (χ4n) is 4.16. The molecule has 8 heteroatoms. The van der Waals surface area contributed by atoms with Crippen LogP contribution in [-0.2, 0) is 17.6 Å². The van der Waals surface area contributed by atoms with E-state index in [1.54, 1.807) is 6.07 Å². The van der Waals surface area contributed by atoms with Crippen molar-refractivity contribution in [3.63, 3.8) is 0 Å². The Balaban J connectivity index is 1.39. The summed E-state index contributed by atoms with van der Waals surface area (Å²) in [5, 5.41) is 22.6. The summed E-state index contributed by atoms with van der Waals surface area (Å²) in [6, 6.07) is 10.8. The van der Waals surface area contributed by atoms with Gasteiger partial charge < -0.3 is 19.7 Å². The molecule has 0 spiro atoms. The normalized spacial score (nSPS) is 24.2. The highest BCUT2D eigenvalue weighted by molar-refractivity contribution is 8.15. The number of thioether (sulfide) groups is 1. The highest BCUT2D eigenvalue weighted by Crippen LogP contribution is 2.43. The molecular weight excluding hydrogens is 442 g/mol. The van der Waals surface area contributed by atoms with Crippen molar-refractivity contribution in [2.45, 2.75) is 62.9 Å². The summed E-state index contributed by atoms with van der Waals surface area (Å²) in [6.45, 7) is 4.24. The molecule has 2 aliphatic rings. The number of phenolic OH excluding ortho intramolecular Hbond substituents is 1. The Kier molecular flexibility index (Phi) is 6.86. The number of aliphatic hydroxyl groups is 1. The molecule has 3 N–H and O–H groups in total. The van der Waals surface area contributed by atoms with E-state index in [1.807, 2.05) is 37.3 Å². The van der Waals surface area contributed by atoms with Crippen LogP contribution in [-0.4, -0.2) is 38.8 Å². The summed E-state index contributed by atoms with van der Waals surface area (Å²) in [4.78, 5) is 23.1. The molecule has 3 unspecified atom stereocenters. The van der Waals surface area contributed by atoms with E-state index in [9.17, 15) is 19.8 Å². The quantitative estimate of drug-likeness (QED) is 0.528. The van der Waals surface area contributed by atoms with Crippen LogP contribution in [0.3, 0.4) is 0 Å². The Morgan fingerprint density at radius 3 is 2.67 bits per heavy atom. The number of imide groups is 1. The summed E-state index contributed by atoms with van der Waals surface area (Å²) in [7, 11) is 0. The van der Waals surface area contributed by atoms with E-state index >= 15 is 0 Å². The lowest BCUT2D eigenvalue weighted by atomic mass is 9.89. The van der Waals surface area contributed by atoms with Crippen LogP contribution in [0.4, 0.5) is 4.79 Å². The molecular formula is C25H29NO6S. The maximum Gasteiger partial charge on any atom is 0.286 e. The second kappa shape index (κ2) is 9.65. The summed E-state index contributed by atoms with van der Waals surface area (Å²) >= 11 is 1.02. The highest BCUT2D eigenvalue weighted by Gasteiger charge is 2.38. The van der Waals surface area contributed by atoms with Gasteiger partial charge in [0.15, 0.2) is 0 Å². The molecule has 1 saturated heterocycles. The van der Waals surface area contributed by atoms with Crippen molar-refractivity contribution in [2.24, 2.45) is 0 Å². The number of carbonyl (C=O) groups is 2. The predicted octanol–water partition coefficient (Wildman–Crippen LogP) is 4.28. The smallest absolute Gasteiger partial charge is 0.286 e. The molecule has 0 aliphatic carbocycles. The molecule has 0 bridgehead atoms. The van der Waals surface area contributed by atoms with Gasteiger partial charge in [0, 0.05) is 12.0 Å². The first-order valence-corrected chi connectivity index (χ1v) is 12.1. The molecule has 1 fully saturated rings. The summed E-state index contributed by atoms with van der Waals surface area (Å²) in [5.74, 6) is 1.18. The number of aliphatic hydroxyl groups excluding tert-OH is 1. The molecule has 2 heterocycles. The lowest BCUT2D eigenvalue weighted by Gasteiger charge is -2.38. The molecule has 2 aliphatic heterocycles. The van der Waals surface area contributed by atoms with Crippen LogP contribution in [0.5, 0.6) is 17.2 Å². The minimum absolute atomic E-state index is 0.197. The average molecular weight is 472 g/mol. The number of phenols is 1. The van der Waals surface area contributed by atoms with Crippen molar-refractivity contribution >= 4 is 22.9 Å². The fraction of sp³-hybridized carbons (Fsp3) is 0.440. The molecule has 2 aromatic rings. The Bertz CT molecular complexity index is 1040. The van der Waals surface area contributed by atoms with Crippen molar-refractivity contribution in [1.29, 1.82) is 0 Å². The van der Waals surface area contributed by atoms with Crippen molar-refractivity contribution in [3.8, 4) is 17.2 Å². The van der Waals surface area contributed by atoms with E-state index in [0.717, 1.165) is 42.2 Å². The Morgan fingerprint density at radius 1 is 1.24 bits per heavy atom. The zero-order chi connectivity index (χ0) is 23.6. The molecule has 176 valence electrons. The molecule has 3 atom stereocenters. The first-order valence-electron chi connectivity index (χ1n) is 11.2. The van der Waals surface area contributed by atoms with Gasteiger partial charge in [-0.1, -0.05) is 37.2 Å². The van der Waals surface area contributed by atoms with Gasteiger partial charge in [-0.3, -0.25) is 14.9 Å². The number of nitrogens with one attached hydrogen (secondary N) is 1. The molecule has 2 amide bonds. The third kappa shape index (κ3) is 5.45. The standard InChI is InChI=1S/C25H29NO6S/c1-3-4-5-16-11-21-18(12-19(16)27)20(28)13-25(2,32-21)14-31-17-8-6-15(7-9-17)10-22-23(29)26-24(30)33-22/h6-9,11-12,20,22,27-28H,3-5,10,13-14H2,1-2H3,(H,26,29,30). The summed E-state index contributed by atoms with van der Waals surface area (Å²) in [5.41, 5.74) is 1.62.